The van der Waals surface area contributed by atoms with Gasteiger partial charge in [0.2, 0.25) is 10.0 Å². The van der Waals surface area contributed by atoms with E-state index in [1.807, 2.05) is 18.2 Å². The number of benzene rings is 2. The number of amides is 2. The van der Waals surface area contributed by atoms with Crippen molar-refractivity contribution in [3.63, 3.8) is 0 Å². The van der Waals surface area contributed by atoms with Crippen LogP contribution in [0.1, 0.15) is 5.56 Å². The molecule has 3 rings (SSSR count). The molecule has 1 aliphatic heterocycles. The first-order valence-corrected chi connectivity index (χ1v) is 11.7. The van der Waals surface area contributed by atoms with Crippen LogP contribution in [0.15, 0.2) is 53.4 Å². The van der Waals surface area contributed by atoms with Gasteiger partial charge in [0.25, 0.3) is 5.69 Å². The number of nitrogens with one attached hydrogen (secondary N) is 2. The van der Waals surface area contributed by atoms with Crippen molar-refractivity contribution < 1.29 is 32.4 Å². The lowest BCUT2D eigenvalue weighted by molar-refractivity contribution is -0.384. The van der Waals surface area contributed by atoms with E-state index in [4.69, 9.17) is 9.47 Å². The predicted octanol–water partition coefficient (Wildman–Crippen LogP) is 0.426. The first-order valence-electron chi connectivity index (χ1n) is 10.3. The molecule has 0 unspecified atom stereocenters. The normalized spacial score (nSPS) is 16.1. The van der Waals surface area contributed by atoms with Gasteiger partial charge in [0.1, 0.15) is 12.0 Å². The lowest BCUT2D eigenvalue weighted by Crippen LogP contribution is -2.47. The van der Waals surface area contributed by atoms with Crippen molar-refractivity contribution >= 4 is 27.5 Å². The van der Waals surface area contributed by atoms with Crippen LogP contribution >= 0.6 is 0 Å². The minimum Gasteiger partial charge on any atom is -0.496 e. The van der Waals surface area contributed by atoms with E-state index in [-0.39, 0.29) is 36.8 Å². The van der Waals surface area contributed by atoms with Gasteiger partial charge in [-0.1, -0.05) is 18.2 Å². The fraction of sp³-hybridized carbons (Fsp3) is 0.333. The molecule has 2 aromatic rings. The van der Waals surface area contributed by atoms with Gasteiger partial charge in [0.15, 0.2) is 0 Å². The summed E-state index contributed by atoms with van der Waals surface area (Å²) in [5, 5.41) is 15.7. The van der Waals surface area contributed by atoms with Crippen molar-refractivity contribution in [2.75, 3.05) is 33.4 Å². The van der Waals surface area contributed by atoms with Crippen LogP contribution in [0, 0.1) is 10.1 Å². The van der Waals surface area contributed by atoms with Gasteiger partial charge >= 0.3 is 11.8 Å². The molecular formula is C21H24N4O8S. The summed E-state index contributed by atoms with van der Waals surface area (Å²) in [6, 6.07) is 11.8. The quantitative estimate of drug-likeness (QED) is 0.290. The molecule has 0 aromatic heterocycles. The van der Waals surface area contributed by atoms with Crippen molar-refractivity contribution in [1.82, 2.24) is 14.9 Å². The highest BCUT2D eigenvalue weighted by molar-refractivity contribution is 7.89. The average molecular weight is 493 g/mol. The fourth-order valence-electron chi connectivity index (χ4n) is 3.38. The maximum absolute atomic E-state index is 12.9. The van der Waals surface area contributed by atoms with Crippen LogP contribution in [0.25, 0.3) is 0 Å². The van der Waals surface area contributed by atoms with Crippen LogP contribution in [0.4, 0.5) is 5.69 Å². The molecule has 0 aliphatic carbocycles. The summed E-state index contributed by atoms with van der Waals surface area (Å²) in [5.41, 5.74) is 0.634. The topological polar surface area (TPSA) is 157 Å². The Bertz CT molecular complexity index is 1150. The van der Waals surface area contributed by atoms with Crippen molar-refractivity contribution in [2.24, 2.45) is 0 Å². The van der Waals surface area contributed by atoms with E-state index < -0.39 is 33.0 Å². The minimum absolute atomic E-state index is 0.0327. The number of carbonyl (C=O) groups excluding carboxylic acids is 2. The fourth-order valence-corrected chi connectivity index (χ4v) is 4.89. The largest absolute Gasteiger partial charge is 0.496 e. The zero-order chi connectivity index (χ0) is 24.7. The van der Waals surface area contributed by atoms with Gasteiger partial charge in [-0.2, -0.15) is 4.31 Å². The zero-order valence-corrected chi connectivity index (χ0v) is 19.1. The molecule has 0 saturated carbocycles. The summed E-state index contributed by atoms with van der Waals surface area (Å²) in [6.07, 6.45) is -0.568. The number of hydrogen-bond donors (Lipinski definition) is 2. The molecule has 12 nitrogen and oxygen atoms in total. The highest BCUT2D eigenvalue weighted by Gasteiger charge is 2.36. The Morgan fingerprint density at radius 2 is 1.82 bits per heavy atom. The van der Waals surface area contributed by atoms with Gasteiger partial charge in [0.05, 0.1) is 30.1 Å². The van der Waals surface area contributed by atoms with Crippen molar-refractivity contribution in [2.45, 2.75) is 17.5 Å². The molecule has 13 heteroatoms. The summed E-state index contributed by atoms with van der Waals surface area (Å²) < 4.78 is 37.5. The van der Waals surface area contributed by atoms with Gasteiger partial charge in [0, 0.05) is 25.2 Å². The van der Waals surface area contributed by atoms with Gasteiger partial charge in [-0.05, 0) is 30.2 Å². The molecule has 1 atom stereocenters. The van der Waals surface area contributed by atoms with E-state index >= 15 is 0 Å². The molecule has 2 amide bonds. The Hall–Kier alpha value is -3.55. The highest BCUT2D eigenvalue weighted by atomic mass is 32.2. The summed E-state index contributed by atoms with van der Waals surface area (Å²) in [4.78, 5) is 34.3. The Balaban J connectivity index is 1.53. The Morgan fingerprint density at radius 1 is 1.15 bits per heavy atom. The third-order valence-corrected chi connectivity index (χ3v) is 7.02. The van der Waals surface area contributed by atoms with E-state index in [9.17, 15) is 28.1 Å². The summed E-state index contributed by atoms with van der Waals surface area (Å²) in [7, 11) is -2.49. The van der Waals surface area contributed by atoms with Crippen LogP contribution < -0.4 is 15.4 Å². The van der Waals surface area contributed by atoms with Crippen molar-refractivity contribution in [3.8, 4) is 5.75 Å². The van der Waals surface area contributed by atoms with E-state index in [2.05, 4.69) is 10.6 Å². The molecule has 1 fully saturated rings. The van der Waals surface area contributed by atoms with Crippen LogP contribution in [0.5, 0.6) is 5.75 Å². The molecule has 182 valence electrons. The second-order valence-electron chi connectivity index (χ2n) is 7.22. The van der Waals surface area contributed by atoms with Crippen LogP contribution in [0.3, 0.4) is 0 Å². The Morgan fingerprint density at radius 3 is 2.50 bits per heavy atom. The number of ether oxygens (including phenoxy) is 2. The first-order chi connectivity index (χ1) is 16.2. The van der Waals surface area contributed by atoms with Gasteiger partial charge in [-0.15, -0.1) is 0 Å². The van der Waals surface area contributed by atoms with Gasteiger partial charge in [-0.25, -0.2) is 8.42 Å². The predicted molar refractivity (Wildman–Crippen MR) is 119 cm³/mol. The maximum Gasteiger partial charge on any atom is 0.309 e. The third-order valence-electron chi connectivity index (χ3n) is 5.11. The first kappa shape index (κ1) is 25.1. The summed E-state index contributed by atoms with van der Waals surface area (Å²) in [5.74, 6) is -1.12. The number of para-hydroxylation sites is 1. The third kappa shape index (κ3) is 5.87. The maximum atomic E-state index is 12.9. The van der Waals surface area contributed by atoms with Gasteiger partial charge < -0.3 is 20.1 Å². The van der Waals surface area contributed by atoms with E-state index in [1.165, 1.54) is 0 Å². The van der Waals surface area contributed by atoms with E-state index in [1.54, 1.807) is 13.2 Å². The molecule has 1 saturated heterocycles. The standard InChI is InChI=1S/C21H24N4O8S/c1-32-18-5-3-2-4-15(18)10-11-22-20(26)21(27)23-14-19-24(12-13-33-19)34(30,31)17-8-6-16(7-9-17)25(28)29/h2-9,19H,10-14H2,1H3,(H,22,26)(H,23,27)/t19-/m1/s1. The van der Waals surface area contributed by atoms with Crippen molar-refractivity contribution in [3.05, 3.63) is 64.2 Å². The monoisotopic (exact) mass is 492 g/mol. The Labute approximate surface area is 196 Å². The molecule has 0 spiro atoms. The van der Waals surface area contributed by atoms with Gasteiger partial charge in [-0.3, -0.25) is 19.7 Å². The number of nitro benzene ring substituents is 1. The zero-order valence-electron chi connectivity index (χ0n) is 18.3. The van der Waals surface area contributed by atoms with Crippen LogP contribution in [-0.2, 0) is 30.8 Å². The second kappa shape index (κ2) is 11.0. The van der Waals surface area contributed by atoms with Crippen LogP contribution in [-0.4, -0.2) is 69.0 Å². The molecule has 0 radical (unpaired) electrons. The number of nitro groups is 1. The molecule has 1 aliphatic rings. The second-order valence-corrected chi connectivity index (χ2v) is 9.11. The summed E-state index contributed by atoms with van der Waals surface area (Å²) in [6.45, 7) is 0.0843. The summed E-state index contributed by atoms with van der Waals surface area (Å²) >= 11 is 0. The lowest BCUT2D eigenvalue weighted by atomic mass is 10.1. The number of nitrogens with zero attached hydrogens (tertiary/aromatic N) is 2. The van der Waals surface area contributed by atoms with Crippen LogP contribution in [0.2, 0.25) is 0 Å². The number of non-ortho nitro benzene ring substituents is 1. The Kier molecular flexibility index (Phi) is 8.15. The van der Waals surface area contributed by atoms with E-state index in [0.717, 1.165) is 34.1 Å². The number of hydrogen-bond acceptors (Lipinski definition) is 8. The molecule has 0 bridgehead atoms. The highest BCUT2D eigenvalue weighted by Crippen LogP contribution is 2.24. The van der Waals surface area contributed by atoms with E-state index in [0.29, 0.717) is 12.2 Å². The smallest absolute Gasteiger partial charge is 0.309 e. The number of methoxy groups -OCH3 is 1. The minimum atomic E-state index is -4.03. The SMILES string of the molecule is COc1ccccc1CCNC(=O)C(=O)NC[C@H]1OCCN1S(=O)(=O)c1ccc([N+](=O)[O-])cc1. The number of sulfonamides is 1. The number of rotatable bonds is 9. The molecular weight excluding hydrogens is 468 g/mol. The molecule has 2 N–H and O–H groups in total. The van der Waals surface area contributed by atoms with Crippen molar-refractivity contribution in [1.29, 1.82) is 0 Å². The molecule has 34 heavy (non-hydrogen) atoms. The lowest BCUT2D eigenvalue weighted by Gasteiger charge is -2.22. The molecule has 1 heterocycles. The molecule has 2 aromatic carbocycles. The average Bonchev–Trinajstić information content (AvgIpc) is 3.32. The number of carbonyl (C=O) groups is 2.